The highest BCUT2D eigenvalue weighted by atomic mass is 35.5. The molecule has 0 radical (unpaired) electrons. The summed E-state index contributed by atoms with van der Waals surface area (Å²) >= 11 is 5.92. The first-order chi connectivity index (χ1) is 12.8. The van der Waals surface area contributed by atoms with Crippen LogP contribution >= 0.6 is 11.6 Å². The third-order valence-corrected chi connectivity index (χ3v) is 4.99. The fraction of sp³-hybridized carbons (Fsp3) is 0.500. The lowest BCUT2D eigenvalue weighted by atomic mass is 10.0. The highest BCUT2D eigenvalue weighted by molar-refractivity contribution is 6.30. The van der Waals surface area contributed by atoms with Crippen LogP contribution < -0.4 is 4.74 Å². The van der Waals surface area contributed by atoms with Gasteiger partial charge in [0.1, 0.15) is 18.3 Å². The van der Waals surface area contributed by atoms with E-state index in [1.54, 1.807) is 23.9 Å². The van der Waals surface area contributed by atoms with E-state index in [1.807, 2.05) is 19.1 Å². The Morgan fingerprint density at radius 2 is 1.93 bits per heavy atom. The Morgan fingerprint density at radius 1 is 1.26 bits per heavy atom. The predicted molar refractivity (Wildman–Crippen MR) is 95.5 cm³/mol. The van der Waals surface area contributed by atoms with E-state index in [0.29, 0.717) is 11.4 Å². The summed E-state index contributed by atoms with van der Waals surface area (Å²) in [6.45, 7) is 1.22. The van der Waals surface area contributed by atoms with E-state index in [1.165, 1.54) is 0 Å². The first-order valence-electron chi connectivity index (χ1n) is 8.52. The van der Waals surface area contributed by atoms with Gasteiger partial charge in [0.2, 0.25) is 12.2 Å². The van der Waals surface area contributed by atoms with Crippen LogP contribution in [0.3, 0.4) is 0 Å². The lowest BCUT2D eigenvalue weighted by molar-refractivity contribution is -0.266. The molecule has 1 saturated heterocycles. The zero-order valence-corrected chi connectivity index (χ0v) is 15.7. The van der Waals surface area contributed by atoms with E-state index >= 15 is 0 Å². The molecule has 1 aromatic heterocycles. The molecule has 2 aromatic rings. The summed E-state index contributed by atoms with van der Waals surface area (Å²) in [5, 5.41) is 34.1. The van der Waals surface area contributed by atoms with Crippen LogP contribution in [0.2, 0.25) is 5.02 Å². The van der Waals surface area contributed by atoms with Gasteiger partial charge in [0, 0.05) is 29.7 Å². The molecule has 1 aromatic carbocycles. The standard InChI is InChI=1S/C18H22ClFN2O5/c1-9-12(7-10-3-5-11(19)6-4-10)17(21-22(9)2)27-18-16(25)15(24)14(20)13(8-23)26-18/h3-6,13-16,18,23-25H,7-8H2,1-2H3. The average Bonchev–Trinajstić information content (AvgIpc) is 2.91. The van der Waals surface area contributed by atoms with Gasteiger partial charge in [-0.1, -0.05) is 23.7 Å². The molecule has 5 unspecified atom stereocenters. The van der Waals surface area contributed by atoms with E-state index < -0.39 is 37.4 Å². The smallest absolute Gasteiger partial charge is 0.239 e. The molecule has 27 heavy (non-hydrogen) atoms. The van der Waals surface area contributed by atoms with Crippen LogP contribution in [0, 0.1) is 6.92 Å². The third-order valence-electron chi connectivity index (χ3n) is 4.74. The topological polar surface area (TPSA) is 97.0 Å². The van der Waals surface area contributed by atoms with Gasteiger partial charge in [-0.2, -0.15) is 0 Å². The first kappa shape index (κ1) is 20.0. The van der Waals surface area contributed by atoms with Gasteiger partial charge in [0.25, 0.3) is 0 Å². The van der Waals surface area contributed by atoms with Crippen molar-refractivity contribution >= 4 is 11.6 Å². The van der Waals surface area contributed by atoms with Crippen LogP contribution in [0.25, 0.3) is 0 Å². The van der Waals surface area contributed by atoms with E-state index in [4.69, 9.17) is 21.1 Å². The van der Waals surface area contributed by atoms with Crippen molar-refractivity contribution in [3.63, 3.8) is 0 Å². The number of aliphatic hydroxyl groups is 3. The third kappa shape index (κ3) is 4.09. The highest BCUT2D eigenvalue weighted by Gasteiger charge is 2.46. The maximum Gasteiger partial charge on any atom is 0.239 e. The average molecular weight is 401 g/mol. The number of ether oxygens (including phenoxy) is 2. The maximum absolute atomic E-state index is 13.9. The van der Waals surface area contributed by atoms with Crippen molar-refractivity contribution in [2.45, 2.75) is 44.1 Å². The van der Waals surface area contributed by atoms with Crippen molar-refractivity contribution < 1.29 is 29.2 Å². The molecule has 9 heteroatoms. The molecule has 1 aliphatic heterocycles. The zero-order chi connectivity index (χ0) is 19.7. The molecule has 0 bridgehead atoms. The normalized spacial score (nSPS) is 28.3. The second-order valence-electron chi connectivity index (χ2n) is 6.56. The largest absolute Gasteiger partial charge is 0.443 e. The van der Waals surface area contributed by atoms with E-state index in [2.05, 4.69) is 5.10 Å². The first-order valence-corrected chi connectivity index (χ1v) is 8.89. The van der Waals surface area contributed by atoms with Gasteiger partial charge < -0.3 is 24.8 Å². The Morgan fingerprint density at radius 3 is 2.56 bits per heavy atom. The van der Waals surface area contributed by atoms with Crippen molar-refractivity contribution in [1.29, 1.82) is 0 Å². The molecule has 148 valence electrons. The molecule has 0 amide bonds. The monoisotopic (exact) mass is 400 g/mol. The minimum atomic E-state index is -1.91. The van der Waals surface area contributed by atoms with Crippen LogP contribution in [-0.4, -0.2) is 62.5 Å². The lowest BCUT2D eigenvalue weighted by Gasteiger charge is -2.38. The number of halogens is 2. The summed E-state index contributed by atoms with van der Waals surface area (Å²) in [4.78, 5) is 0. The molecule has 0 saturated carbocycles. The summed E-state index contributed by atoms with van der Waals surface area (Å²) in [6.07, 6.45) is -7.42. The fourth-order valence-electron chi connectivity index (χ4n) is 2.97. The Kier molecular flexibility index (Phi) is 6.02. The lowest BCUT2D eigenvalue weighted by Crippen LogP contribution is -2.58. The van der Waals surface area contributed by atoms with Crippen LogP contribution in [-0.2, 0) is 18.2 Å². The second kappa shape index (κ2) is 8.12. The van der Waals surface area contributed by atoms with Gasteiger partial charge in [-0.05, 0) is 24.6 Å². The van der Waals surface area contributed by atoms with Crippen molar-refractivity contribution in [1.82, 2.24) is 9.78 Å². The number of hydrogen-bond donors (Lipinski definition) is 3. The summed E-state index contributed by atoms with van der Waals surface area (Å²) < 4.78 is 26.5. The van der Waals surface area contributed by atoms with Crippen molar-refractivity contribution in [3.8, 4) is 5.88 Å². The molecule has 1 aliphatic rings. The summed E-state index contributed by atoms with van der Waals surface area (Å²) in [5.74, 6) is 0.204. The summed E-state index contributed by atoms with van der Waals surface area (Å²) in [7, 11) is 1.74. The van der Waals surface area contributed by atoms with Crippen molar-refractivity contribution in [2.75, 3.05) is 6.61 Å². The van der Waals surface area contributed by atoms with Gasteiger partial charge in [-0.25, -0.2) is 4.39 Å². The minimum absolute atomic E-state index is 0.204. The van der Waals surface area contributed by atoms with Crippen LogP contribution in [0.4, 0.5) is 4.39 Å². The molecule has 1 fully saturated rings. The number of aliphatic hydroxyl groups excluding tert-OH is 3. The van der Waals surface area contributed by atoms with Gasteiger partial charge in [0.15, 0.2) is 6.17 Å². The van der Waals surface area contributed by atoms with Crippen molar-refractivity contribution in [3.05, 3.63) is 46.1 Å². The van der Waals surface area contributed by atoms with Gasteiger partial charge >= 0.3 is 0 Å². The number of aryl methyl sites for hydroxylation is 1. The quantitative estimate of drug-likeness (QED) is 0.696. The molecule has 2 heterocycles. The van der Waals surface area contributed by atoms with Gasteiger partial charge in [-0.15, -0.1) is 5.10 Å². The summed E-state index contributed by atoms with van der Waals surface area (Å²) in [6, 6.07) is 7.31. The molecule has 3 rings (SSSR count). The SMILES string of the molecule is Cc1c(Cc2ccc(Cl)cc2)c(OC2OC(CO)C(F)C(O)C2O)nn1C. The molecule has 5 atom stereocenters. The highest BCUT2D eigenvalue weighted by Crippen LogP contribution is 2.29. The van der Waals surface area contributed by atoms with E-state index in [0.717, 1.165) is 16.8 Å². The Hall–Kier alpha value is -1.71. The number of nitrogens with zero attached hydrogens (tertiary/aromatic N) is 2. The Bertz CT molecular complexity index is 783. The second-order valence-corrected chi connectivity index (χ2v) is 7.00. The maximum atomic E-state index is 13.9. The van der Waals surface area contributed by atoms with Crippen LogP contribution in [0.1, 0.15) is 16.8 Å². The molecule has 3 N–H and O–H groups in total. The number of benzene rings is 1. The van der Waals surface area contributed by atoms with Crippen LogP contribution in [0.15, 0.2) is 24.3 Å². The number of hydrogen-bond acceptors (Lipinski definition) is 6. The Labute approximate surface area is 160 Å². The molecule has 7 nitrogen and oxygen atoms in total. The molecular formula is C18H22ClFN2O5. The molecular weight excluding hydrogens is 379 g/mol. The van der Waals surface area contributed by atoms with Crippen LogP contribution in [0.5, 0.6) is 5.88 Å². The minimum Gasteiger partial charge on any atom is -0.443 e. The number of aromatic nitrogens is 2. The van der Waals surface area contributed by atoms with Crippen molar-refractivity contribution in [2.24, 2.45) is 7.05 Å². The number of alkyl halides is 1. The zero-order valence-electron chi connectivity index (χ0n) is 14.9. The van der Waals surface area contributed by atoms with Gasteiger partial charge in [0.05, 0.1) is 6.61 Å². The fourth-order valence-corrected chi connectivity index (χ4v) is 3.10. The molecule has 0 spiro atoms. The summed E-state index contributed by atoms with van der Waals surface area (Å²) in [5.41, 5.74) is 2.57. The van der Waals surface area contributed by atoms with Gasteiger partial charge in [-0.3, -0.25) is 4.68 Å². The molecule has 0 aliphatic carbocycles. The Balaban J connectivity index is 1.84. The van der Waals surface area contributed by atoms with E-state index in [9.17, 15) is 19.7 Å². The predicted octanol–water partition coefficient (Wildman–Crippen LogP) is 1.13. The number of rotatable bonds is 5. The van der Waals surface area contributed by atoms with E-state index in [-0.39, 0.29) is 5.88 Å².